The van der Waals surface area contributed by atoms with Crippen LogP contribution < -0.4 is 16.0 Å². The topological polar surface area (TPSA) is 112 Å². The van der Waals surface area contributed by atoms with Crippen LogP contribution in [0.2, 0.25) is 0 Å². The molecule has 2 heterocycles. The predicted octanol–water partition coefficient (Wildman–Crippen LogP) is 7.23. The summed E-state index contributed by atoms with van der Waals surface area (Å²) in [5, 5.41) is 18.8. The molecule has 0 bridgehead atoms. The Morgan fingerprint density at radius 1 is 0.840 bits per heavy atom. The van der Waals surface area contributed by atoms with E-state index in [1.807, 2.05) is 99.6 Å². The zero-order chi connectivity index (χ0) is 35.3. The number of nitrogens with zero attached hydrogens (tertiary/aromatic N) is 1. The van der Waals surface area contributed by atoms with Crippen molar-refractivity contribution in [3.8, 4) is 0 Å². The van der Waals surface area contributed by atoms with Gasteiger partial charge in [-0.25, -0.2) is 4.79 Å². The average Bonchev–Trinajstić information content (AvgIpc) is 3.12. The summed E-state index contributed by atoms with van der Waals surface area (Å²) in [7, 11) is 0. The summed E-state index contributed by atoms with van der Waals surface area (Å²) in [5.74, 6) is 0.695. The molecule has 6 rings (SSSR count). The third kappa shape index (κ3) is 8.93. The van der Waals surface area contributed by atoms with Crippen molar-refractivity contribution >= 4 is 17.6 Å². The van der Waals surface area contributed by atoms with Crippen molar-refractivity contribution in [2.24, 2.45) is 11.8 Å². The number of hydrogen-bond donors (Lipinski definition) is 4. The van der Waals surface area contributed by atoms with E-state index in [4.69, 9.17) is 9.47 Å². The minimum atomic E-state index is -0.645. The number of aliphatic hydroxyl groups excluding tert-OH is 1. The van der Waals surface area contributed by atoms with E-state index in [0.29, 0.717) is 30.7 Å². The van der Waals surface area contributed by atoms with Crippen molar-refractivity contribution in [3.05, 3.63) is 101 Å². The molecule has 3 fully saturated rings. The number of benzene rings is 3. The number of urea groups is 1. The first-order chi connectivity index (χ1) is 24.1. The number of carbonyl (C=O) groups excluding carboxylic acids is 2. The molecule has 3 aromatic rings. The Labute approximate surface area is 297 Å². The van der Waals surface area contributed by atoms with Crippen LogP contribution in [0, 0.1) is 11.8 Å². The summed E-state index contributed by atoms with van der Waals surface area (Å²) >= 11 is 0. The number of aliphatic hydroxyl groups is 1. The highest BCUT2D eigenvalue weighted by Crippen LogP contribution is 2.44. The van der Waals surface area contributed by atoms with Gasteiger partial charge in [-0.05, 0) is 81.2 Å². The van der Waals surface area contributed by atoms with Crippen molar-refractivity contribution < 1.29 is 24.2 Å². The molecule has 50 heavy (non-hydrogen) atoms. The molecule has 3 amide bonds. The van der Waals surface area contributed by atoms with Crippen molar-refractivity contribution in [1.29, 1.82) is 0 Å². The number of amides is 3. The molecular weight excluding hydrogens is 628 g/mol. The molecule has 9 heteroatoms. The van der Waals surface area contributed by atoms with Gasteiger partial charge < -0.3 is 30.5 Å². The van der Waals surface area contributed by atoms with Gasteiger partial charge in [0.1, 0.15) is 0 Å². The van der Waals surface area contributed by atoms with Gasteiger partial charge in [0.25, 0.3) is 0 Å². The second kappa shape index (κ2) is 16.1. The minimum Gasteiger partial charge on any atom is -0.392 e. The fourth-order valence-electron chi connectivity index (χ4n) is 7.94. The second-order valence-corrected chi connectivity index (χ2v) is 15.4. The molecule has 4 N–H and O–H groups in total. The van der Waals surface area contributed by atoms with E-state index >= 15 is 0 Å². The first-order valence-electron chi connectivity index (χ1n) is 18.3. The molecule has 2 saturated heterocycles. The van der Waals surface area contributed by atoms with Crippen molar-refractivity contribution in [2.75, 3.05) is 11.9 Å². The van der Waals surface area contributed by atoms with E-state index in [0.717, 1.165) is 41.5 Å². The van der Waals surface area contributed by atoms with Crippen LogP contribution in [0.4, 0.5) is 10.5 Å². The summed E-state index contributed by atoms with van der Waals surface area (Å²) in [5.41, 5.74) is 4.11. The van der Waals surface area contributed by atoms with Gasteiger partial charge >= 0.3 is 6.03 Å². The molecule has 0 radical (unpaired) electrons. The van der Waals surface area contributed by atoms with Gasteiger partial charge in [-0.2, -0.15) is 0 Å². The Morgan fingerprint density at radius 3 is 2.24 bits per heavy atom. The van der Waals surface area contributed by atoms with Gasteiger partial charge in [-0.1, -0.05) is 86.5 Å². The highest BCUT2D eigenvalue weighted by atomic mass is 16.7. The van der Waals surface area contributed by atoms with E-state index in [2.05, 4.69) is 27.8 Å². The molecule has 3 aliphatic rings. The fourth-order valence-corrected chi connectivity index (χ4v) is 7.94. The van der Waals surface area contributed by atoms with Gasteiger partial charge in [0.15, 0.2) is 6.29 Å². The predicted molar refractivity (Wildman–Crippen MR) is 195 cm³/mol. The number of anilines is 1. The number of nitrogens with one attached hydrogen (secondary N) is 3. The second-order valence-electron chi connectivity index (χ2n) is 15.4. The number of piperidine rings is 1. The van der Waals surface area contributed by atoms with Gasteiger partial charge in [-0.15, -0.1) is 0 Å². The third-order valence-electron chi connectivity index (χ3n) is 10.6. The zero-order valence-corrected chi connectivity index (χ0v) is 29.9. The van der Waals surface area contributed by atoms with Crippen molar-refractivity contribution in [2.45, 2.75) is 115 Å². The van der Waals surface area contributed by atoms with Crippen molar-refractivity contribution in [3.63, 3.8) is 0 Å². The van der Waals surface area contributed by atoms with Crippen LogP contribution in [-0.4, -0.2) is 52.2 Å². The Balaban J connectivity index is 1.22. The van der Waals surface area contributed by atoms with Gasteiger partial charge in [0, 0.05) is 41.8 Å². The van der Waals surface area contributed by atoms with Gasteiger partial charge in [0.05, 0.1) is 24.9 Å². The Kier molecular flexibility index (Phi) is 11.6. The normalized spacial score (nSPS) is 27.2. The maximum atomic E-state index is 13.8. The number of fused-ring (bicyclic) bond motifs is 1. The quantitative estimate of drug-likeness (QED) is 0.190. The van der Waals surface area contributed by atoms with Crippen LogP contribution in [0.1, 0.15) is 101 Å². The molecule has 1 saturated carbocycles. The van der Waals surface area contributed by atoms with Crippen molar-refractivity contribution in [1.82, 2.24) is 15.5 Å². The maximum absolute atomic E-state index is 13.8. The zero-order valence-electron chi connectivity index (χ0n) is 29.9. The fraction of sp³-hybridized carbons (Fsp3) is 0.512. The lowest BCUT2D eigenvalue weighted by molar-refractivity contribution is -0.278. The lowest BCUT2D eigenvalue weighted by Crippen LogP contribution is -2.61. The van der Waals surface area contributed by atoms with Crippen LogP contribution >= 0.6 is 0 Å². The molecule has 7 atom stereocenters. The lowest BCUT2D eigenvalue weighted by atomic mass is 9.75. The number of likely N-dealkylation sites (tertiary alicyclic amines) is 1. The van der Waals surface area contributed by atoms with E-state index < -0.39 is 6.29 Å². The third-order valence-corrected chi connectivity index (χ3v) is 10.6. The van der Waals surface area contributed by atoms with Crippen LogP contribution in [0.25, 0.3) is 0 Å². The molecule has 0 unspecified atom stereocenters. The minimum absolute atomic E-state index is 0.00392. The highest BCUT2D eigenvalue weighted by molar-refractivity contribution is 5.89. The summed E-state index contributed by atoms with van der Waals surface area (Å²) in [6, 6.07) is 25.2. The maximum Gasteiger partial charge on any atom is 0.319 e. The molecule has 1 aliphatic carbocycles. The largest absolute Gasteiger partial charge is 0.392 e. The Bertz CT molecular complexity index is 1560. The van der Waals surface area contributed by atoms with E-state index in [1.165, 1.54) is 19.3 Å². The number of carbonyl (C=O) groups is 2. The van der Waals surface area contributed by atoms with Crippen LogP contribution in [0.5, 0.6) is 0 Å². The summed E-state index contributed by atoms with van der Waals surface area (Å²) in [4.78, 5) is 28.9. The van der Waals surface area contributed by atoms with Crippen LogP contribution in [0.15, 0.2) is 78.9 Å². The molecule has 0 spiro atoms. The van der Waals surface area contributed by atoms with E-state index in [9.17, 15) is 14.7 Å². The molecule has 0 aromatic heterocycles. The summed E-state index contributed by atoms with van der Waals surface area (Å²) in [6.07, 6.45) is 5.58. The first-order valence-corrected chi connectivity index (χ1v) is 18.3. The SMILES string of the molecule is C[C@@H]1[C@H](CN2[C@@H](C(=O)NC(C)(C)C)CC[C@H]3CCCC[C@H]32)O[C@H](c2ccc(NC(=O)NCc3ccccc3)cc2)O[C@@H]1c1ccc(CO)cc1. The standard InChI is InChI=1S/C41H54N4O5/c1-27-36(25-45-34-13-9-8-12-30(34)20-23-35(45)38(47)44-41(2,3)4)49-39(50-37(27)31-16-14-29(26-46)15-17-31)32-18-21-33(22-19-32)43-40(48)42-24-28-10-6-5-7-11-28/h5-7,10-11,14-19,21-22,27,30,34-37,39,46H,8-9,12-13,20,23-26H2,1-4H3,(H,44,47)(H2,42,43,48)/t27-,30-,34-,35-,36+,37+,39+/m1/s1. The number of ether oxygens (including phenoxy) is 2. The van der Waals surface area contributed by atoms with Gasteiger partial charge in [0.2, 0.25) is 5.91 Å². The van der Waals surface area contributed by atoms with E-state index in [1.54, 1.807) is 0 Å². The van der Waals surface area contributed by atoms with Crippen LogP contribution in [0.3, 0.4) is 0 Å². The van der Waals surface area contributed by atoms with Crippen LogP contribution in [-0.2, 0) is 27.4 Å². The highest BCUT2D eigenvalue weighted by Gasteiger charge is 2.46. The Hall–Kier alpha value is -3.76. The molecule has 9 nitrogen and oxygen atoms in total. The van der Waals surface area contributed by atoms with E-state index in [-0.39, 0.29) is 48.3 Å². The lowest BCUT2D eigenvalue weighted by Gasteiger charge is -2.51. The Morgan fingerprint density at radius 2 is 1.54 bits per heavy atom. The molecule has 2 aliphatic heterocycles. The summed E-state index contributed by atoms with van der Waals surface area (Å²) < 4.78 is 13.6. The molecule has 268 valence electrons. The smallest absolute Gasteiger partial charge is 0.319 e. The van der Waals surface area contributed by atoms with Gasteiger partial charge in [-0.3, -0.25) is 9.69 Å². The molecular formula is C41H54N4O5. The molecule has 3 aromatic carbocycles. The average molecular weight is 683 g/mol. The first kappa shape index (κ1) is 36.0. The summed E-state index contributed by atoms with van der Waals surface area (Å²) in [6.45, 7) is 9.36. The number of hydrogen-bond acceptors (Lipinski definition) is 6. The monoisotopic (exact) mass is 682 g/mol. The number of rotatable bonds is 9.